The number of carbonyl (C=O) groups excluding carboxylic acids is 4. The minimum absolute atomic E-state index is 0.0445. The van der Waals surface area contributed by atoms with Crippen molar-refractivity contribution >= 4 is 41.1 Å². The summed E-state index contributed by atoms with van der Waals surface area (Å²) in [7, 11) is 1.42. The Morgan fingerprint density at radius 3 is 1.85 bits per heavy atom. The third kappa shape index (κ3) is 13.2. The number of hydrogen-bond donors (Lipinski definition) is 5. The maximum absolute atomic E-state index is 13.8. The van der Waals surface area contributed by atoms with Gasteiger partial charge in [0.1, 0.15) is 17.8 Å². The van der Waals surface area contributed by atoms with E-state index in [0.29, 0.717) is 16.3 Å². The number of amides is 3. The number of carboxylic acid groups (broad SMARTS) is 1. The maximum Gasteiger partial charge on any atom is 0.490 e. The molecule has 0 unspecified atom stereocenters. The number of ether oxygens (including phenoxy) is 1. The molecule has 0 saturated carbocycles. The van der Waals surface area contributed by atoms with Crippen molar-refractivity contribution in [2.24, 2.45) is 11.7 Å². The molecule has 3 aromatic carbocycles. The highest BCUT2D eigenvalue weighted by atomic mass is 35.5. The van der Waals surface area contributed by atoms with Crippen LogP contribution in [0.3, 0.4) is 0 Å². The average Bonchev–Trinajstić information content (AvgIpc) is 3.08. The van der Waals surface area contributed by atoms with Crippen LogP contribution in [0.25, 0.3) is 0 Å². The number of halogens is 7. The van der Waals surface area contributed by atoms with Crippen molar-refractivity contribution < 1.29 is 60.2 Å². The van der Waals surface area contributed by atoms with Gasteiger partial charge in [0.15, 0.2) is 0 Å². The van der Waals surface area contributed by atoms with Crippen LogP contribution in [0, 0.1) is 5.92 Å². The van der Waals surface area contributed by atoms with Crippen molar-refractivity contribution in [2.45, 2.75) is 57.3 Å². The highest BCUT2D eigenvalue weighted by molar-refractivity contribution is 6.30. The Bertz CT molecular complexity index is 1700. The van der Waals surface area contributed by atoms with Crippen LogP contribution in [0.4, 0.5) is 26.3 Å². The lowest BCUT2D eigenvalue weighted by atomic mass is 9.97. The van der Waals surface area contributed by atoms with Gasteiger partial charge in [-0.25, -0.2) is 4.79 Å². The first-order valence-corrected chi connectivity index (χ1v) is 15.6. The molecule has 52 heavy (non-hydrogen) atoms. The maximum atomic E-state index is 13.8. The Morgan fingerprint density at radius 2 is 1.38 bits per heavy atom. The molecule has 0 aliphatic heterocycles. The zero-order valence-electron chi connectivity index (χ0n) is 27.8. The van der Waals surface area contributed by atoms with Crippen molar-refractivity contribution in [3.05, 3.63) is 100 Å². The minimum Gasteiger partial charge on any atom is -0.497 e. The molecule has 3 rings (SSSR count). The molecular formula is C34H35ClF6N4O7. The standard InChI is InChI=1S/C32H34ClF3N4O5.C2HF3O2/c1-18(2)26(28(41)32(34,35)36)39-31(44)27(21-11-13-24(45-3)14-12-21)40-30(43)25(16-20-5-4-6-23(33)15-20)38-29(42)22-9-7-19(17-37)8-10-22;3-2(4,5)1(6)7/h4-15,18,25-27H,16-17,37H2,1-3H3,(H,38,42)(H,39,44)(H,40,43);(H,6,7)/t25-,26-,27-;/m0./s1. The fourth-order valence-corrected chi connectivity index (χ4v) is 4.64. The largest absolute Gasteiger partial charge is 0.497 e. The number of hydrogen-bond acceptors (Lipinski definition) is 7. The van der Waals surface area contributed by atoms with Crippen LogP contribution in [0.2, 0.25) is 5.02 Å². The summed E-state index contributed by atoms with van der Waals surface area (Å²) in [5, 5.41) is 14.9. The first-order chi connectivity index (χ1) is 24.2. The third-order valence-corrected chi connectivity index (χ3v) is 7.40. The highest BCUT2D eigenvalue weighted by Crippen LogP contribution is 2.24. The summed E-state index contributed by atoms with van der Waals surface area (Å²) in [5.74, 6) is -7.86. The Kier molecular flexibility index (Phi) is 15.6. The highest BCUT2D eigenvalue weighted by Gasteiger charge is 2.45. The summed E-state index contributed by atoms with van der Waals surface area (Å²) in [4.78, 5) is 61.5. The van der Waals surface area contributed by atoms with E-state index in [1.54, 1.807) is 48.5 Å². The number of benzene rings is 3. The van der Waals surface area contributed by atoms with Gasteiger partial charge in [-0.2, -0.15) is 26.3 Å². The topological polar surface area (TPSA) is 177 Å². The number of carboxylic acids is 1. The number of nitrogens with two attached hydrogens (primary N) is 1. The minimum atomic E-state index is -5.20. The van der Waals surface area contributed by atoms with E-state index < -0.39 is 65.9 Å². The van der Waals surface area contributed by atoms with E-state index in [-0.39, 0.29) is 24.1 Å². The van der Waals surface area contributed by atoms with Gasteiger partial charge >= 0.3 is 18.3 Å². The third-order valence-electron chi connectivity index (χ3n) is 7.17. The lowest BCUT2D eigenvalue weighted by Crippen LogP contribution is -2.55. The molecule has 0 fully saturated rings. The molecule has 0 spiro atoms. The van der Waals surface area contributed by atoms with Crippen molar-refractivity contribution in [3.63, 3.8) is 0 Å². The molecule has 6 N–H and O–H groups in total. The number of alkyl halides is 6. The first-order valence-electron chi connectivity index (χ1n) is 15.2. The molecule has 11 nitrogen and oxygen atoms in total. The number of carbonyl (C=O) groups is 5. The number of rotatable bonds is 13. The summed E-state index contributed by atoms with van der Waals surface area (Å²) < 4.78 is 76.9. The molecule has 0 aliphatic rings. The lowest BCUT2D eigenvalue weighted by molar-refractivity contribution is -0.192. The molecule has 0 aliphatic carbocycles. The smallest absolute Gasteiger partial charge is 0.490 e. The molecule has 282 valence electrons. The van der Waals surface area contributed by atoms with Crippen LogP contribution in [-0.4, -0.2) is 66.1 Å². The van der Waals surface area contributed by atoms with Gasteiger partial charge < -0.3 is 31.5 Å². The number of methoxy groups -OCH3 is 1. The normalized spacial score (nSPS) is 13.1. The Labute approximate surface area is 298 Å². The molecule has 0 heterocycles. The molecule has 3 amide bonds. The van der Waals surface area contributed by atoms with Gasteiger partial charge in [-0.1, -0.05) is 61.8 Å². The van der Waals surface area contributed by atoms with Crippen LogP contribution in [0.1, 0.15) is 46.9 Å². The van der Waals surface area contributed by atoms with Crippen molar-refractivity contribution in [1.29, 1.82) is 0 Å². The zero-order valence-corrected chi connectivity index (χ0v) is 28.5. The second kappa shape index (κ2) is 18.9. The number of aliphatic carboxylic acids is 1. The summed E-state index contributed by atoms with van der Waals surface area (Å²) in [6, 6.07) is 14.2. The first kappa shape index (κ1) is 43.0. The summed E-state index contributed by atoms with van der Waals surface area (Å²) in [5.41, 5.74) is 7.44. The fraction of sp³-hybridized carbons (Fsp3) is 0.324. The van der Waals surface area contributed by atoms with Crippen LogP contribution in [-0.2, 0) is 32.1 Å². The molecular weight excluding hydrogens is 726 g/mol. The summed E-state index contributed by atoms with van der Waals surface area (Å²) >= 11 is 6.13. The summed E-state index contributed by atoms with van der Waals surface area (Å²) in [6.45, 7) is 2.97. The fourth-order valence-electron chi connectivity index (χ4n) is 4.43. The van der Waals surface area contributed by atoms with Gasteiger partial charge in [0, 0.05) is 23.6 Å². The lowest BCUT2D eigenvalue weighted by Gasteiger charge is -2.27. The summed E-state index contributed by atoms with van der Waals surface area (Å²) in [6.07, 6.45) is -10.3. The monoisotopic (exact) mass is 760 g/mol. The number of nitrogens with one attached hydrogen (secondary N) is 3. The van der Waals surface area contributed by atoms with Crippen LogP contribution in [0.5, 0.6) is 5.75 Å². The van der Waals surface area contributed by atoms with E-state index >= 15 is 0 Å². The molecule has 3 atom stereocenters. The molecule has 0 radical (unpaired) electrons. The molecule has 3 aromatic rings. The van der Waals surface area contributed by atoms with Crippen molar-refractivity contribution in [2.75, 3.05) is 7.11 Å². The Hall–Kier alpha value is -5.16. The molecule has 18 heteroatoms. The number of ketones is 1. The van der Waals surface area contributed by atoms with Gasteiger partial charge in [-0.05, 0) is 59.0 Å². The van der Waals surface area contributed by atoms with E-state index in [4.69, 9.17) is 32.0 Å². The SMILES string of the molecule is COc1ccc([C@H](NC(=O)[C@H](Cc2cccc(Cl)c2)NC(=O)c2ccc(CN)cc2)C(=O)N[C@H](C(=O)C(F)(F)F)C(C)C)cc1.O=C(O)C(F)(F)F. The van der Waals surface area contributed by atoms with Crippen LogP contribution in [0.15, 0.2) is 72.8 Å². The van der Waals surface area contributed by atoms with E-state index in [0.717, 1.165) is 5.56 Å². The molecule has 0 aromatic heterocycles. The predicted octanol–water partition coefficient (Wildman–Crippen LogP) is 4.91. The zero-order chi connectivity index (χ0) is 39.4. The average molecular weight is 761 g/mol. The van der Waals surface area contributed by atoms with E-state index in [1.807, 2.05) is 0 Å². The van der Waals surface area contributed by atoms with Crippen LogP contribution >= 0.6 is 11.6 Å². The van der Waals surface area contributed by atoms with Gasteiger partial charge in [0.05, 0.1) is 13.2 Å². The van der Waals surface area contributed by atoms with Gasteiger partial charge in [-0.15, -0.1) is 0 Å². The molecule has 0 saturated heterocycles. The Morgan fingerprint density at radius 1 is 0.808 bits per heavy atom. The Balaban J connectivity index is 0.00000121. The van der Waals surface area contributed by atoms with E-state index in [1.165, 1.54) is 45.2 Å². The second-order valence-corrected chi connectivity index (χ2v) is 11.8. The predicted molar refractivity (Wildman–Crippen MR) is 176 cm³/mol. The second-order valence-electron chi connectivity index (χ2n) is 11.4. The van der Waals surface area contributed by atoms with Gasteiger partial charge in [-0.3, -0.25) is 19.2 Å². The van der Waals surface area contributed by atoms with Crippen molar-refractivity contribution in [3.8, 4) is 5.75 Å². The van der Waals surface area contributed by atoms with Crippen molar-refractivity contribution in [1.82, 2.24) is 16.0 Å². The number of Topliss-reactive ketones (excluding diaryl/α,β-unsaturated/α-hetero) is 1. The van der Waals surface area contributed by atoms with Crippen LogP contribution < -0.4 is 26.4 Å². The van der Waals surface area contributed by atoms with E-state index in [9.17, 15) is 45.5 Å². The van der Waals surface area contributed by atoms with Gasteiger partial charge in [0.25, 0.3) is 11.7 Å². The van der Waals surface area contributed by atoms with Gasteiger partial charge in [0.2, 0.25) is 11.8 Å². The quantitative estimate of drug-likeness (QED) is 0.153. The molecule has 0 bridgehead atoms. The van der Waals surface area contributed by atoms with E-state index in [2.05, 4.69) is 16.0 Å².